The summed E-state index contributed by atoms with van der Waals surface area (Å²) in [6.07, 6.45) is 7.81. The number of nitrogens with zero attached hydrogens (tertiary/aromatic N) is 2. The fourth-order valence-corrected chi connectivity index (χ4v) is 4.39. The lowest BCUT2D eigenvalue weighted by atomic mass is 9.93. The predicted molar refractivity (Wildman–Crippen MR) is 125 cm³/mol. The zero-order valence-electron chi connectivity index (χ0n) is 17.0. The number of hydrogen-bond acceptors (Lipinski definition) is 5. The Hall–Kier alpha value is -3.25. The van der Waals surface area contributed by atoms with Crippen molar-refractivity contribution >= 4 is 34.1 Å². The molecule has 0 amide bonds. The molecule has 158 valence electrons. The number of ether oxygens (including phenoxy) is 1. The summed E-state index contributed by atoms with van der Waals surface area (Å²) in [5, 5.41) is 5.11. The molecule has 5 rings (SSSR count). The lowest BCUT2D eigenvalue weighted by Gasteiger charge is -2.30. The molecule has 0 saturated heterocycles. The van der Waals surface area contributed by atoms with Crippen molar-refractivity contribution in [1.82, 2.24) is 15.0 Å². The summed E-state index contributed by atoms with van der Waals surface area (Å²) in [4.78, 5) is 12.5. The fraction of sp³-hybridized carbons (Fsp3) is 0.250. The first-order chi connectivity index (χ1) is 15.2. The Bertz CT molecular complexity index is 1190. The summed E-state index contributed by atoms with van der Waals surface area (Å²) in [6.45, 7) is 0. The van der Waals surface area contributed by atoms with Gasteiger partial charge < -0.3 is 20.8 Å². The first-order valence-electron chi connectivity index (χ1n) is 10.5. The van der Waals surface area contributed by atoms with Crippen LogP contribution in [0.25, 0.3) is 22.2 Å². The number of benzene rings is 2. The predicted octanol–water partition coefficient (Wildman–Crippen LogP) is 5.66. The normalized spacial score (nSPS) is 18.7. The third kappa shape index (κ3) is 4.30. The molecule has 0 radical (unpaired) electrons. The maximum atomic E-state index is 6.46. The minimum atomic E-state index is 0.148. The molecule has 1 saturated carbocycles. The smallest absolute Gasteiger partial charge is 0.223 e. The van der Waals surface area contributed by atoms with Crippen LogP contribution in [-0.2, 0) is 0 Å². The molecule has 2 aromatic carbocycles. The molecule has 2 heterocycles. The molecule has 1 fully saturated rings. The van der Waals surface area contributed by atoms with E-state index in [4.69, 9.17) is 27.1 Å². The summed E-state index contributed by atoms with van der Waals surface area (Å²) in [6, 6.07) is 15.9. The molecule has 6 nitrogen and oxygen atoms in total. The Morgan fingerprint density at radius 2 is 1.94 bits per heavy atom. The molecular weight excluding hydrogens is 410 g/mol. The first-order valence-corrected chi connectivity index (χ1v) is 10.9. The van der Waals surface area contributed by atoms with E-state index in [-0.39, 0.29) is 12.1 Å². The Kier molecular flexibility index (Phi) is 5.38. The Morgan fingerprint density at radius 3 is 2.81 bits per heavy atom. The molecule has 0 bridgehead atoms. The van der Waals surface area contributed by atoms with Crippen molar-refractivity contribution in [3.63, 3.8) is 0 Å². The highest BCUT2D eigenvalue weighted by Gasteiger charge is 2.24. The van der Waals surface area contributed by atoms with Crippen LogP contribution >= 0.6 is 11.6 Å². The van der Waals surface area contributed by atoms with E-state index in [0.29, 0.717) is 11.0 Å². The minimum absolute atomic E-state index is 0.148. The van der Waals surface area contributed by atoms with Crippen LogP contribution in [0, 0.1) is 0 Å². The van der Waals surface area contributed by atoms with Crippen molar-refractivity contribution in [2.75, 3.05) is 11.1 Å². The van der Waals surface area contributed by atoms with Crippen LogP contribution in [0.4, 0.5) is 11.6 Å². The Morgan fingerprint density at radius 1 is 1.10 bits per heavy atom. The molecular formula is C24H24ClN5O. The average molecular weight is 434 g/mol. The average Bonchev–Trinajstić information content (AvgIpc) is 3.21. The molecule has 1 aliphatic rings. The molecule has 0 aliphatic heterocycles. The van der Waals surface area contributed by atoms with E-state index >= 15 is 0 Å². The van der Waals surface area contributed by atoms with Gasteiger partial charge in [-0.2, -0.15) is 0 Å². The number of aromatic nitrogens is 3. The number of nitrogens with one attached hydrogen (secondary N) is 2. The highest BCUT2D eigenvalue weighted by molar-refractivity contribution is 6.33. The van der Waals surface area contributed by atoms with E-state index in [9.17, 15) is 0 Å². The van der Waals surface area contributed by atoms with E-state index < -0.39 is 0 Å². The van der Waals surface area contributed by atoms with E-state index in [1.165, 1.54) is 0 Å². The van der Waals surface area contributed by atoms with Crippen LogP contribution in [0.5, 0.6) is 5.75 Å². The van der Waals surface area contributed by atoms with Crippen molar-refractivity contribution in [2.24, 2.45) is 0 Å². The van der Waals surface area contributed by atoms with Crippen LogP contribution < -0.4 is 15.8 Å². The van der Waals surface area contributed by atoms with Crippen LogP contribution in [0.3, 0.4) is 0 Å². The molecule has 4 N–H and O–H groups in total. The van der Waals surface area contributed by atoms with Gasteiger partial charge in [-0.1, -0.05) is 29.8 Å². The summed E-state index contributed by atoms with van der Waals surface area (Å²) < 4.78 is 6.17. The van der Waals surface area contributed by atoms with Gasteiger partial charge in [0.1, 0.15) is 11.9 Å². The number of para-hydroxylation sites is 1. The Balaban J connectivity index is 1.32. The lowest BCUT2D eigenvalue weighted by molar-refractivity contribution is 0.148. The first kappa shape index (κ1) is 19.7. The number of H-pyrrole nitrogens is 1. The number of aromatic amines is 1. The van der Waals surface area contributed by atoms with Gasteiger partial charge in [-0.15, -0.1) is 0 Å². The second kappa shape index (κ2) is 8.47. The lowest BCUT2D eigenvalue weighted by Crippen LogP contribution is -2.33. The van der Waals surface area contributed by atoms with E-state index in [0.717, 1.165) is 59.3 Å². The molecule has 1 aliphatic carbocycles. The van der Waals surface area contributed by atoms with E-state index in [1.54, 1.807) is 6.20 Å². The van der Waals surface area contributed by atoms with Crippen LogP contribution in [0.2, 0.25) is 5.02 Å². The van der Waals surface area contributed by atoms with Gasteiger partial charge in [-0.05, 0) is 49.6 Å². The highest BCUT2D eigenvalue weighted by atomic mass is 35.5. The second-order valence-electron chi connectivity index (χ2n) is 7.95. The van der Waals surface area contributed by atoms with Crippen molar-refractivity contribution < 1.29 is 4.74 Å². The third-order valence-corrected chi connectivity index (χ3v) is 6.01. The molecule has 2 atom stereocenters. The zero-order valence-corrected chi connectivity index (χ0v) is 17.8. The monoisotopic (exact) mass is 433 g/mol. The summed E-state index contributed by atoms with van der Waals surface area (Å²) >= 11 is 6.46. The molecule has 31 heavy (non-hydrogen) atoms. The Labute approximate surface area is 185 Å². The maximum absolute atomic E-state index is 6.46. The maximum Gasteiger partial charge on any atom is 0.223 e. The number of rotatable bonds is 5. The number of halogens is 1. The minimum Gasteiger partial charge on any atom is -0.490 e. The van der Waals surface area contributed by atoms with Crippen LogP contribution in [0.15, 0.2) is 60.9 Å². The summed E-state index contributed by atoms with van der Waals surface area (Å²) in [5.74, 6) is 1.44. The van der Waals surface area contributed by atoms with Crippen molar-refractivity contribution in [1.29, 1.82) is 0 Å². The van der Waals surface area contributed by atoms with Crippen molar-refractivity contribution in [2.45, 2.75) is 37.8 Å². The zero-order chi connectivity index (χ0) is 21.2. The van der Waals surface area contributed by atoms with Gasteiger partial charge in [0.05, 0.1) is 16.9 Å². The quantitative estimate of drug-likeness (QED) is 0.353. The number of nitrogens with two attached hydrogens (primary N) is 1. The van der Waals surface area contributed by atoms with Gasteiger partial charge in [0.25, 0.3) is 0 Å². The van der Waals surface area contributed by atoms with Crippen molar-refractivity contribution in [3.8, 4) is 17.0 Å². The van der Waals surface area contributed by atoms with Gasteiger partial charge in [-0.25, -0.2) is 9.97 Å². The van der Waals surface area contributed by atoms with E-state index in [2.05, 4.69) is 21.4 Å². The molecule has 4 aromatic rings. The number of nitrogen functional groups attached to an aromatic ring is 1. The van der Waals surface area contributed by atoms with Gasteiger partial charge >= 0.3 is 0 Å². The summed E-state index contributed by atoms with van der Waals surface area (Å²) in [5.41, 5.74) is 9.25. The van der Waals surface area contributed by atoms with E-state index in [1.807, 2.05) is 48.7 Å². The van der Waals surface area contributed by atoms with Gasteiger partial charge in [0.2, 0.25) is 5.95 Å². The van der Waals surface area contributed by atoms with Crippen LogP contribution in [-0.4, -0.2) is 27.1 Å². The molecule has 2 unspecified atom stereocenters. The molecule has 7 heteroatoms. The number of anilines is 2. The standard InChI is InChI=1S/C24H24ClN5O/c25-21-14-28-24(30-23(21)20-13-27-22-7-2-1-6-19(20)22)29-16-4-3-5-18(12-16)31-17-10-8-15(26)9-11-17/h1-2,6-11,13-14,16,18,27H,3-5,12,26H2,(H,28,29,30). The fourth-order valence-electron chi connectivity index (χ4n) is 4.20. The van der Waals surface area contributed by atoms with Gasteiger partial charge in [0, 0.05) is 40.8 Å². The second-order valence-corrected chi connectivity index (χ2v) is 8.36. The topological polar surface area (TPSA) is 88.9 Å². The molecule has 0 spiro atoms. The summed E-state index contributed by atoms with van der Waals surface area (Å²) in [7, 11) is 0. The van der Waals surface area contributed by atoms with Crippen LogP contribution in [0.1, 0.15) is 25.7 Å². The number of fused-ring (bicyclic) bond motifs is 1. The van der Waals surface area contributed by atoms with Gasteiger partial charge in [-0.3, -0.25) is 0 Å². The largest absolute Gasteiger partial charge is 0.490 e. The third-order valence-electron chi connectivity index (χ3n) is 5.73. The van der Waals surface area contributed by atoms with Gasteiger partial charge in [0.15, 0.2) is 0 Å². The SMILES string of the molecule is Nc1ccc(OC2CCCC(Nc3ncc(Cl)c(-c4c[nH]c5ccccc45)n3)C2)cc1. The highest BCUT2D eigenvalue weighted by Crippen LogP contribution is 2.33. The van der Waals surface area contributed by atoms with Crippen molar-refractivity contribution in [3.05, 3.63) is 65.9 Å². The number of hydrogen-bond donors (Lipinski definition) is 3. The molecule has 2 aromatic heterocycles.